The normalized spacial score (nSPS) is 10.8. The zero-order valence-electron chi connectivity index (χ0n) is 9.37. The second kappa shape index (κ2) is 6.10. The number of carbonyl (C=O) groups excluding carboxylic acids is 1. The van der Waals surface area contributed by atoms with Crippen LogP contribution in [0, 0.1) is 0 Å². The first-order valence-corrected chi connectivity index (χ1v) is 5.63. The largest absolute Gasteiger partial charge is 0.449 e. The number of rotatable bonds is 4. The van der Waals surface area contributed by atoms with E-state index in [1.807, 2.05) is 18.2 Å². The van der Waals surface area contributed by atoms with Crippen LogP contribution >= 0.6 is 15.9 Å². The lowest BCUT2D eigenvalue weighted by Crippen LogP contribution is -2.13. The van der Waals surface area contributed by atoms with E-state index in [0.717, 1.165) is 4.47 Å². The third-order valence-electron chi connectivity index (χ3n) is 1.87. The molecule has 1 amide bonds. The highest BCUT2D eigenvalue weighted by molar-refractivity contribution is 9.10. The molecule has 17 heavy (non-hydrogen) atoms. The molecule has 0 spiro atoms. The van der Waals surface area contributed by atoms with Gasteiger partial charge < -0.3 is 15.8 Å². The number of amides is 1. The Bertz CT molecular complexity index is 469. The molecule has 0 saturated heterocycles. The van der Waals surface area contributed by atoms with E-state index in [-0.39, 0.29) is 11.8 Å². The summed E-state index contributed by atoms with van der Waals surface area (Å²) in [5, 5.41) is 2.73. The third kappa shape index (κ3) is 4.32. The molecule has 3 N–H and O–H groups in total. The summed E-state index contributed by atoms with van der Waals surface area (Å²) in [6, 6.07) is 7.33. The Hall–Kier alpha value is -1.75. The number of hydrogen-bond acceptors (Lipinski definition) is 3. The van der Waals surface area contributed by atoms with Crippen LogP contribution in [-0.4, -0.2) is 5.91 Å². The van der Waals surface area contributed by atoms with E-state index in [1.54, 1.807) is 13.0 Å². The number of nitrogens with two attached hydrogens (primary N) is 1. The van der Waals surface area contributed by atoms with Crippen molar-refractivity contribution in [2.45, 2.75) is 6.92 Å². The van der Waals surface area contributed by atoms with Gasteiger partial charge in [0.2, 0.25) is 0 Å². The van der Waals surface area contributed by atoms with E-state index in [9.17, 15) is 4.79 Å². The van der Waals surface area contributed by atoms with E-state index < -0.39 is 0 Å². The Labute approximate surface area is 108 Å². The molecule has 90 valence electrons. The van der Waals surface area contributed by atoms with Crippen molar-refractivity contribution in [2.24, 2.45) is 5.73 Å². The molecule has 0 aliphatic heterocycles. The van der Waals surface area contributed by atoms with Crippen molar-refractivity contribution >= 4 is 27.5 Å². The van der Waals surface area contributed by atoms with Crippen LogP contribution < -0.4 is 11.1 Å². The fourth-order valence-corrected chi connectivity index (χ4v) is 1.38. The summed E-state index contributed by atoms with van der Waals surface area (Å²) in [5.41, 5.74) is 6.30. The molecule has 0 bridgehead atoms. The first-order chi connectivity index (χ1) is 8.00. The van der Waals surface area contributed by atoms with Gasteiger partial charge >= 0.3 is 0 Å². The van der Waals surface area contributed by atoms with Crippen LogP contribution in [0.3, 0.4) is 0 Å². The predicted octanol–water partition coefficient (Wildman–Crippen LogP) is 2.74. The van der Waals surface area contributed by atoms with Crippen molar-refractivity contribution < 1.29 is 9.53 Å². The van der Waals surface area contributed by atoms with Crippen molar-refractivity contribution in [1.82, 2.24) is 0 Å². The molecule has 0 unspecified atom stereocenters. The lowest BCUT2D eigenvalue weighted by Gasteiger charge is -2.07. The van der Waals surface area contributed by atoms with Gasteiger partial charge in [0.05, 0.1) is 5.69 Å². The SMILES string of the molecule is C=C(N)O/C=C(\C)C(=O)Nc1ccccc1Br. The van der Waals surface area contributed by atoms with Crippen LogP contribution in [0.4, 0.5) is 5.69 Å². The van der Waals surface area contributed by atoms with E-state index in [0.29, 0.717) is 11.3 Å². The lowest BCUT2D eigenvalue weighted by atomic mass is 10.3. The van der Waals surface area contributed by atoms with Crippen molar-refractivity contribution in [3.63, 3.8) is 0 Å². The number of halogens is 1. The molecule has 0 atom stereocenters. The summed E-state index contributed by atoms with van der Waals surface area (Å²) in [7, 11) is 0. The first-order valence-electron chi connectivity index (χ1n) is 4.84. The average Bonchev–Trinajstić information content (AvgIpc) is 2.28. The van der Waals surface area contributed by atoms with E-state index in [4.69, 9.17) is 10.5 Å². The highest BCUT2D eigenvalue weighted by Crippen LogP contribution is 2.21. The molecule has 0 radical (unpaired) electrons. The molecule has 1 rings (SSSR count). The number of nitrogens with one attached hydrogen (secondary N) is 1. The molecule has 0 aliphatic carbocycles. The van der Waals surface area contributed by atoms with Crippen molar-refractivity contribution in [2.75, 3.05) is 5.32 Å². The Morgan fingerprint density at radius 3 is 2.76 bits per heavy atom. The summed E-state index contributed by atoms with van der Waals surface area (Å²) >= 11 is 3.34. The van der Waals surface area contributed by atoms with Gasteiger partial charge in [0.25, 0.3) is 5.91 Å². The quantitative estimate of drug-likeness (QED) is 0.663. The predicted molar refractivity (Wildman–Crippen MR) is 70.9 cm³/mol. The van der Waals surface area contributed by atoms with Crippen LogP contribution in [0.25, 0.3) is 0 Å². The smallest absolute Gasteiger partial charge is 0.254 e. The fourth-order valence-electron chi connectivity index (χ4n) is 1.00. The Balaban J connectivity index is 2.70. The van der Waals surface area contributed by atoms with Crippen LogP contribution in [0.2, 0.25) is 0 Å². The van der Waals surface area contributed by atoms with Gasteiger partial charge in [-0.05, 0) is 41.6 Å². The highest BCUT2D eigenvalue weighted by atomic mass is 79.9. The Morgan fingerprint density at radius 1 is 1.53 bits per heavy atom. The molecule has 0 saturated carbocycles. The van der Waals surface area contributed by atoms with Gasteiger partial charge in [-0.25, -0.2) is 0 Å². The molecule has 0 aromatic heterocycles. The van der Waals surface area contributed by atoms with Gasteiger partial charge in [-0.1, -0.05) is 12.1 Å². The van der Waals surface area contributed by atoms with Gasteiger partial charge in [0, 0.05) is 10.0 Å². The molecule has 5 heteroatoms. The minimum atomic E-state index is -0.266. The molecule has 0 aliphatic rings. The number of carbonyl (C=O) groups is 1. The van der Waals surface area contributed by atoms with Gasteiger partial charge in [-0.15, -0.1) is 0 Å². The molecule has 1 aromatic carbocycles. The first kappa shape index (κ1) is 13.3. The maximum atomic E-state index is 11.7. The highest BCUT2D eigenvalue weighted by Gasteiger charge is 2.07. The summed E-state index contributed by atoms with van der Waals surface area (Å²) in [5.74, 6) is -0.226. The summed E-state index contributed by atoms with van der Waals surface area (Å²) in [6.07, 6.45) is 1.26. The molecule has 0 heterocycles. The van der Waals surface area contributed by atoms with E-state index in [1.165, 1.54) is 6.26 Å². The van der Waals surface area contributed by atoms with Gasteiger partial charge in [-0.3, -0.25) is 4.79 Å². The molecular weight excluding hydrogens is 284 g/mol. The van der Waals surface area contributed by atoms with Crippen molar-refractivity contribution in [3.05, 3.63) is 53.0 Å². The summed E-state index contributed by atoms with van der Waals surface area (Å²) in [4.78, 5) is 11.7. The number of ether oxygens (including phenoxy) is 1. The maximum absolute atomic E-state index is 11.7. The number of para-hydroxylation sites is 1. The topological polar surface area (TPSA) is 64.3 Å². The van der Waals surface area contributed by atoms with Gasteiger partial charge in [0.15, 0.2) is 5.88 Å². The van der Waals surface area contributed by atoms with Crippen LogP contribution in [0.1, 0.15) is 6.92 Å². The zero-order valence-corrected chi connectivity index (χ0v) is 11.0. The average molecular weight is 297 g/mol. The Kier molecular flexibility index (Phi) is 4.78. The standard InChI is InChI=1S/C12H13BrN2O2/c1-8(7-17-9(2)14)12(16)15-11-6-4-3-5-10(11)13/h3-7H,2,14H2,1H3,(H,15,16)/b8-7+. The number of benzene rings is 1. The third-order valence-corrected chi connectivity index (χ3v) is 2.56. The summed E-state index contributed by atoms with van der Waals surface area (Å²) in [6.45, 7) is 4.98. The molecule has 1 aromatic rings. The zero-order chi connectivity index (χ0) is 12.8. The maximum Gasteiger partial charge on any atom is 0.254 e. The van der Waals surface area contributed by atoms with E-state index >= 15 is 0 Å². The van der Waals surface area contributed by atoms with Crippen LogP contribution in [-0.2, 0) is 9.53 Å². The lowest BCUT2D eigenvalue weighted by molar-refractivity contribution is -0.112. The fraction of sp³-hybridized carbons (Fsp3) is 0.0833. The monoisotopic (exact) mass is 296 g/mol. The van der Waals surface area contributed by atoms with Gasteiger partial charge in [-0.2, -0.15) is 0 Å². The van der Waals surface area contributed by atoms with Crippen LogP contribution in [0.15, 0.2) is 53.0 Å². The second-order valence-corrected chi connectivity index (χ2v) is 4.17. The Morgan fingerprint density at radius 2 is 2.18 bits per heavy atom. The molecule has 0 fully saturated rings. The second-order valence-electron chi connectivity index (χ2n) is 3.32. The number of hydrogen-bond donors (Lipinski definition) is 2. The van der Waals surface area contributed by atoms with Gasteiger partial charge in [0.1, 0.15) is 6.26 Å². The summed E-state index contributed by atoms with van der Waals surface area (Å²) < 4.78 is 5.65. The molecule has 4 nitrogen and oxygen atoms in total. The van der Waals surface area contributed by atoms with Crippen LogP contribution in [0.5, 0.6) is 0 Å². The van der Waals surface area contributed by atoms with Crippen molar-refractivity contribution in [3.8, 4) is 0 Å². The van der Waals surface area contributed by atoms with E-state index in [2.05, 4.69) is 27.8 Å². The van der Waals surface area contributed by atoms with Crippen molar-refractivity contribution in [1.29, 1.82) is 0 Å². The number of anilines is 1. The minimum absolute atomic E-state index is 0.0399. The minimum Gasteiger partial charge on any atom is -0.449 e. The molecular formula is C12H13BrN2O2.